The van der Waals surface area contributed by atoms with Gasteiger partial charge in [-0.05, 0) is 30.0 Å². The summed E-state index contributed by atoms with van der Waals surface area (Å²) in [4.78, 5) is 24.0. The molecule has 0 aliphatic carbocycles. The molecule has 25 heavy (non-hydrogen) atoms. The maximum atomic E-state index is 12.5. The Labute approximate surface area is 143 Å². The molecule has 4 rings (SSSR count). The van der Waals surface area contributed by atoms with Crippen LogP contribution < -0.4 is 10.5 Å². The molecule has 1 heterocycles. The highest BCUT2D eigenvalue weighted by Crippen LogP contribution is 2.32. The predicted molar refractivity (Wildman–Crippen MR) is 94.5 cm³/mol. The molecule has 4 aromatic rings. The molecule has 0 fully saturated rings. The van der Waals surface area contributed by atoms with Crippen molar-refractivity contribution in [3.05, 3.63) is 82.0 Å². The number of carbonyl (C=O) groups excluding carboxylic acids is 1. The summed E-state index contributed by atoms with van der Waals surface area (Å²) >= 11 is 0. The molecule has 0 amide bonds. The van der Waals surface area contributed by atoms with Crippen molar-refractivity contribution >= 4 is 27.7 Å². The van der Waals surface area contributed by atoms with Gasteiger partial charge in [0, 0.05) is 22.6 Å². The van der Waals surface area contributed by atoms with Crippen LogP contribution in [0.4, 0.5) is 0 Å². The number of rotatable bonds is 2. The van der Waals surface area contributed by atoms with Gasteiger partial charge in [-0.15, -0.1) is 0 Å². The van der Waals surface area contributed by atoms with Gasteiger partial charge in [-0.3, -0.25) is 4.79 Å². The molecule has 0 aliphatic rings. The van der Waals surface area contributed by atoms with Gasteiger partial charge in [-0.1, -0.05) is 42.5 Å². The second kappa shape index (κ2) is 5.60. The van der Waals surface area contributed by atoms with Crippen LogP contribution in [0.3, 0.4) is 0 Å². The van der Waals surface area contributed by atoms with Crippen LogP contribution in [0.25, 0.3) is 33.1 Å². The zero-order chi connectivity index (χ0) is 17.6. The molecule has 122 valence electrons. The van der Waals surface area contributed by atoms with Gasteiger partial charge < -0.3 is 14.3 Å². The minimum absolute atomic E-state index is 0.0695. The molecule has 0 bridgehead atoms. The van der Waals surface area contributed by atoms with Gasteiger partial charge in [0.05, 0.1) is 11.4 Å². The van der Waals surface area contributed by atoms with Crippen LogP contribution in [0.5, 0.6) is 0 Å². The first-order valence-electron chi connectivity index (χ1n) is 7.82. The van der Waals surface area contributed by atoms with Crippen molar-refractivity contribution in [1.82, 2.24) is 0 Å². The Morgan fingerprint density at radius 1 is 1.00 bits per heavy atom. The van der Waals surface area contributed by atoms with E-state index in [1.54, 1.807) is 30.3 Å². The van der Waals surface area contributed by atoms with Crippen LogP contribution in [0.2, 0.25) is 0 Å². The van der Waals surface area contributed by atoms with Gasteiger partial charge in [-0.25, -0.2) is 0 Å². The van der Waals surface area contributed by atoms with Crippen LogP contribution in [-0.2, 0) is 0 Å². The van der Waals surface area contributed by atoms with Crippen molar-refractivity contribution in [3.63, 3.8) is 0 Å². The zero-order valence-corrected chi connectivity index (χ0v) is 13.4. The molecule has 1 aromatic heterocycles. The van der Waals surface area contributed by atoms with Gasteiger partial charge in [0.15, 0.2) is 5.43 Å². The van der Waals surface area contributed by atoms with E-state index in [2.05, 4.69) is 0 Å². The van der Waals surface area contributed by atoms with E-state index in [-0.39, 0.29) is 11.0 Å². The number of benzene rings is 3. The van der Waals surface area contributed by atoms with E-state index in [1.165, 1.54) is 12.1 Å². The Bertz CT molecular complexity index is 1200. The van der Waals surface area contributed by atoms with Crippen molar-refractivity contribution in [2.24, 2.45) is 0 Å². The SMILES string of the molecule is Cc1ccc2c(=O)cc(-c3cccc4cccc(C(=O)[O-])c34)oc2c1. The summed E-state index contributed by atoms with van der Waals surface area (Å²) in [7, 11) is 0. The minimum atomic E-state index is -1.27. The monoisotopic (exact) mass is 329 g/mol. The second-order valence-corrected chi connectivity index (χ2v) is 5.97. The Morgan fingerprint density at radius 3 is 2.52 bits per heavy atom. The Hall–Kier alpha value is -3.40. The van der Waals surface area contributed by atoms with Crippen LogP contribution in [0.15, 0.2) is 69.9 Å². The number of hydrogen-bond acceptors (Lipinski definition) is 4. The van der Waals surface area contributed by atoms with Gasteiger partial charge in [0.1, 0.15) is 11.3 Å². The normalized spacial score (nSPS) is 11.1. The first-order chi connectivity index (χ1) is 12.0. The van der Waals surface area contributed by atoms with E-state index in [4.69, 9.17) is 4.42 Å². The number of carboxylic acid groups (broad SMARTS) is 1. The van der Waals surface area contributed by atoms with Gasteiger partial charge in [0.2, 0.25) is 0 Å². The van der Waals surface area contributed by atoms with Crippen molar-refractivity contribution in [3.8, 4) is 11.3 Å². The van der Waals surface area contributed by atoms with Crippen molar-refractivity contribution in [2.45, 2.75) is 6.92 Å². The smallest absolute Gasteiger partial charge is 0.193 e. The fourth-order valence-electron chi connectivity index (χ4n) is 3.11. The molecule has 0 radical (unpaired) electrons. The number of carbonyl (C=O) groups is 1. The maximum Gasteiger partial charge on any atom is 0.193 e. The lowest BCUT2D eigenvalue weighted by Crippen LogP contribution is -2.22. The lowest BCUT2D eigenvalue weighted by atomic mass is 9.97. The first kappa shape index (κ1) is 15.1. The molecule has 0 N–H and O–H groups in total. The number of fused-ring (bicyclic) bond motifs is 2. The van der Waals surface area contributed by atoms with E-state index < -0.39 is 5.97 Å². The Morgan fingerprint density at radius 2 is 1.76 bits per heavy atom. The highest BCUT2D eigenvalue weighted by atomic mass is 16.4. The Kier molecular flexibility index (Phi) is 3.39. The number of carboxylic acids is 1. The van der Waals surface area contributed by atoms with E-state index >= 15 is 0 Å². The van der Waals surface area contributed by atoms with Crippen LogP contribution in [-0.4, -0.2) is 5.97 Å². The summed E-state index contributed by atoms with van der Waals surface area (Å²) in [6.45, 7) is 1.91. The molecule has 0 atom stereocenters. The summed E-state index contributed by atoms with van der Waals surface area (Å²) in [6.07, 6.45) is 0. The third-order valence-electron chi connectivity index (χ3n) is 4.27. The quantitative estimate of drug-likeness (QED) is 0.566. The van der Waals surface area contributed by atoms with Gasteiger partial charge in [-0.2, -0.15) is 0 Å². The second-order valence-electron chi connectivity index (χ2n) is 5.97. The first-order valence-corrected chi connectivity index (χ1v) is 7.82. The highest BCUT2D eigenvalue weighted by molar-refractivity contribution is 6.09. The largest absolute Gasteiger partial charge is 0.545 e. The third kappa shape index (κ3) is 2.48. The third-order valence-corrected chi connectivity index (χ3v) is 4.27. The van der Waals surface area contributed by atoms with E-state index in [0.717, 1.165) is 10.9 Å². The molecule has 0 aliphatic heterocycles. The predicted octanol–water partition coefficient (Wildman–Crippen LogP) is 3.29. The fraction of sp³-hybridized carbons (Fsp3) is 0.0476. The number of hydrogen-bond donors (Lipinski definition) is 0. The van der Waals surface area contributed by atoms with Crippen molar-refractivity contribution < 1.29 is 14.3 Å². The van der Waals surface area contributed by atoms with Crippen LogP contribution in [0, 0.1) is 6.92 Å². The summed E-state index contributed by atoms with van der Waals surface area (Å²) < 4.78 is 5.94. The average molecular weight is 329 g/mol. The molecule has 0 saturated heterocycles. The van der Waals surface area contributed by atoms with Gasteiger partial charge >= 0.3 is 0 Å². The topological polar surface area (TPSA) is 70.3 Å². The Balaban J connectivity index is 2.10. The van der Waals surface area contributed by atoms with E-state index in [0.29, 0.717) is 27.7 Å². The number of aryl methyl sites for hydroxylation is 1. The van der Waals surface area contributed by atoms with Crippen molar-refractivity contribution in [1.29, 1.82) is 0 Å². The van der Waals surface area contributed by atoms with Crippen LogP contribution >= 0.6 is 0 Å². The van der Waals surface area contributed by atoms with E-state index in [1.807, 2.05) is 25.1 Å². The molecule has 0 saturated carbocycles. The summed E-state index contributed by atoms with van der Waals surface area (Å²) in [5.41, 5.74) is 1.91. The fourth-order valence-corrected chi connectivity index (χ4v) is 3.11. The average Bonchev–Trinajstić information content (AvgIpc) is 2.60. The maximum absolute atomic E-state index is 12.5. The van der Waals surface area contributed by atoms with Crippen molar-refractivity contribution in [2.75, 3.05) is 0 Å². The molecule has 4 nitrogen and oxygen atoms in total. The highest BCUT2D eigenvalue weighted by Gasteiger charge is 2.13. The summed E-state index contributed by atoms with van der Waals surface area (Å²) in [5.74, 6) is -0.931. The molecule has 3 aromatic carbocycles. The molecule has 0 spiro atoms. The number of aromatic carboxylic acids is 1. The minimum Gasteiger partial charge on any atom is -0.545 e. The summed E-state index contributed by atoms with van der Waals surface area (Å²) in [6, 6.07) is 17.1. The summed E-state index contributed by atoms with van der Waals surface area (Å²) in [5, 5.41) is 13.3. The molecule has 0 unspecified atom stereocenters. The molecular formula is C21H13O4-. The lowest BCUT2D eigenvalue weighted by Gasteiger charge is -2.12. The standard InChI is InChI=1S/C21H14O4/c1-12-8-9-14-17(22)11-19(25-18(14)10-12)15-6-2-4-13-5-3-7-16(20(13)15)21(23)24/h2-11H,1H3,(H,23,24)/p-1. The van der Waals surface area contributed by atoms with Gasteiger partial charge in [0.25, 0.3) is 0 Å². The molecular weight excluding hydrogens is 316 g/mol. The molecule has 4 heteroatoms. The lowest BCUT2D eigenvalue weighted by molar-refractivity contribution is -0.254. The van der Waals surface area contributed by atoms with Crippen LogP contribution in [0.1, 0.15) is 15.9 Å². The zero-order valence-electron chi connectivity index (χ0n) is 13.4. The van der Waals surface area contributed by atoms with E-state index in [9.17, 15) is 14.7 Å².